The third-order valence-corrected chi connectivity index (χ3v) is 1.05. The van der Waals surface area contributed by atoms with E-state index in [2.05, 4.69) is 4.74 Å². The molecule has 0 bridgehead atoms. The molecule has 0 radical (unpaired) electrons. The maximum Gasteiger partial charge on any atom is 0.331 e. The van der Waals surface area contributed by atoms with Crippen LogP contribution in [0.25, 0.3) is 0 Å². The minimum atomic E-state index is -0.925. The molecule has 0 saturated heterocycles. The highest BCUT2D eigenvalue weighted by Crippen LogP contribution is 1.91. The van der Waals surface area contributed by atoms with Crippen LogP contribution in [0.4, 0.5) is 0 Å². The van der Waals surface area contributed by atoms with Gasteiger partial charge < -0.3 is 14.6 Å². The van der Waals surface area contributed by atoms with Crippen LogP contribution in [-0.2, 0) is 14.3 Å². The number of hydrogen-bond acceptors (Lipinski definition) is 3. The number of ether oxygens (including phenoxy) is 2. The molecular formula is C7H12O4. The van der Waals surface area contributed by atoms with Crippen LogP contribution in [0.2, 0.25) is 0 Å². The Morgan fingerprint density at radius 1 is 1.64 bits per heavy atom. The van der Waals surface area contributed by atoms with Gasteiger partial charge in [-0.05, 0) is 13.0 Å². The van der Waals surface area contributed by atoms with Crippen molar-refractivity contribution in [1.29, 1.82) is 0 Å². The number of aliphatic carboxylic acids is 1. The summed E-state index contributed by atoms with van der Waals surface area (Å²) in [6, 6.07) is 0. The zero-order chi connectivity index (χ0) is 8.69. The van der Waals surface area contributed by atoms with Gasteiger partial charge in [0.05, 0.1) is 6.61 Å². The molecule has 64 valence electrons. The van der Waals surface area contributed by atoms with Gasteiger partial charge >= 0.3 is 5.97 Å². The lowest BCUT2D eigenvalue weighted by Crippen LogP contribution is -2.00. The smallest absolute Gasteiger partial charge is 0.331 e. The lowest BCUT2D eigenvalue weighted by atomic mass is 10.3. The molecule has 0 heterocycles. The molecule has 0 aromatic heterocycles. The highest BCUT2D eigenvalue weighted by atomic mass is 16.7. The average molecular weight is 160 g/mol. The Bertz CT molecular complexity index is 151. The summed E-state index contributed by atoms with van der Waals surface area (Å²) in [7, 11) is 1.51. The fourth-order valence-corrected chi connectivity index (χ4v) is 0.403. The Morgan fingerprint density at radius 3 is 2.73 bits per heavy atom. The van der Waals surface area contributed by atoms with E-state index < -0.39 is 5.97 Å². The van der Waals surface area contributed by atoms with Gasteiger partial charge in [0.2, 0.25) is 0 Å². The second kappa shape index (κ2) is 5.88. The fourth-order valence-electron chi connectivity index (χ4n) is 0.403. The first kappa shape index (κ1) is 10.1. The first-order valence-corrected chi connectivity index (χ1v) is 3.15. The van der Waals surface area contributed by atoms with Gasteiger partial charge in [-0.3, -0.25) is 0 Å². The normalized spacial score (nSPS) is 11.6. The molecule has 0 aliphatic heterocycles. The Labute approximate surface area is 65.4 Å². The molecule has 0 spiro atoms. The second-order valence-electron chi connectivity index (χ2n) is 1.97. The molecule has 1 N–H and O–H groups in total. The molecule has 11 heavy (non-hydrogen) atoms. The van der Waals surface area contributed by atoms with Crippen molar-refractivity contribution in [2.45, 2.75) is 6.92 Å². The second-order valence-corrected chi connectivity index (χ2v) is 1.97. The minimum absolute atomic E-state index is 0.184. The highest BCUT2D eigenvalue weighted by Gasteiger charge is 1.96. The lowest BCUT2D eigenvalue weighted by Gasteiger charge is -1.97. The molecule has 0 aromatic rings. The molecule has 0 aliphatic rings. The summed E-state index contributed by atoms with van der Waals surface area (Å²) < 4.78 is 9.43. The minimum Gasteiger partial charge on any atom is -0.478 e. The van der Waals surface area contributed by atoms with Gasteiger partial charge in [0.25, 0.3) is 0 Å². The van der Waals surface area contributed by atoms with Crippen molar-refractivity contribution >= 4 is 5.97 Å². The number of carbonyl (C=O) groups is 1. The summed E-state index contributed by atoms with van der Waals surface area (Å²) in [6.45, 7) is 1.97. The van der Waals surface area contributed by atoms with E-state index in [0.29, 0.717) is 0 Å². The van der Waals surface area contributed by atoms with E-state index in [1.807, 2.05) is 0 Å². The van der Waals surface area contributed by atoms with E-state index in [0.717, 1.165) is 0 Å². The van der Waals surface area contributed by atoms with Crippen LogP contribution in [-0.4, -0.2) is 31.6 Å². The first-order valence-electron chi connectivity index (χ1n) is 3.15. The van der Waals surface area contributed by atoms with Crippen molar-refractivity contribution in [2.24, 2.45) is 0 Å². The largest absolute Gasteiger partial charge is 0.478 e. The molecule has 4 heteroatoms. The zero-order valence-corrected chi connectivity index (χ0v) is 6.66. The Kier molecular flexibility index (Phi) is 5.42. The average Bonchev–Trinajstić information content (AvgIpc) is 1.97. The van der Waals surface area contributed by atoms with Crippen molar-refractivity contribution in [2.75, 3.05) is 20.5 Å². The third-order valence-electron chi connectivity index (χ3n) is 1.05. The number of carboxylic acid groups (broad SMARTS) is 1. The third kappa shape index (κ3) is 5.57. The summed E-state index contributed by atoms with van der Waals surface area (Å²) in [5.74, 6) is -0.925. The van der Waals surface area contributed by atoms with Crippen molar-refractivity contribution < 1.29 is 19.4 Å². The molecule has 0 unspecified atom stereocenters. The van der Waals surface area contributed by atoms with Crippen molar-refractivity contribution in [3.8, 4) is 0 Å². The Hall–Kier alpha value is -0.870. The summed E-state index contributed by atoms with van der Waals surface area (Å²) in [5, 5.41) is 8.38. The maximum atomic E-state index is 10.2. The van der Waals surface area contributed by atoms with Gasteiger partial charge in [0.1, 0.15) is 6.79 Å². The van der Waals surface area contributed by atoms with Crippen LogP contribution < -0.4 is 0 Å². The Balaban J connectivity index is 3.48. The number of rotatable bonds is 5. The van der Waals surface area contributed by atoms with Crippen LogP contribution in [0, 0.1) is 0 Å². The Morgan fingerprint density at radius 2 is 2.27 bits per heavy atom. The molecule has 0 amide bonds. The molecule has 0 aromatic carbocycles. The highest BCUT2D eigenvalue weighted by molar-refractivity contribution is 5.85. The molecule has 0 atom stereocenters. The monoisotopic (exact) mass is 160 g/mol. The van der Waals surface area contributed by atoms with Crippen molar-refractivity contribution in [3.05, 3.63) is 11.6 Å². The quantitative estimate of drug-likeness (QED) is 0.364. The molecule has 0 saturated carbocycles. The van der Waals surface area contributed by atoms with E-state index in [1.165, 1.54) is 20.1 Å². The van der Waals surface area contributed by atoms with Gasteiger partial charge in [-0.1, -0.05) is 0 Å². The van der Waals surface area contributed by atoms with Gasteiger partial charge in [0, 0.05) is 12.7 Å². The summed E-state index contributed by atoms with van der Waals surface area (Å²) in [4.78, 5) is 10.2. The predicted octanol–water partition coefficient (Wildman–Crippen LogP) is 0.638. The van der Waals surface area contributed by atoms with Crippen LogP contribution >= 0.6 is 0 Å². The summed E-state index contributed by atoms with van der Waals surface area (Å²) in [6.07, 6.45) is 1.49. The molecule has 4 nitrogen and oxygen atoms in total. The van der Waals surface area contributed by atoms with Crippen LogP contribution in [0.15, 0.2) is 11.6 Å². The van der Waals surface area contributed by atoms with E-state index >= 15 is 0 Å². The van der Waals surface area contributed by atoms with Crippen LogP contribution in [0.1, 0.15) is 6.92 Å². The van der Waals surface area contributed by atoms with E-state index in [-0.39, 0.29) is 19.0 Å². The SMILES string of the molecule is COCOC/C=C(\C)C(=O)O. The van der Waals surface area contributed by atoms with Crippen molar-refractivity contribution in [3.63, 3.8) is 0 Å². The van der Waals surface area contributed by atoms with Crippen LogP contribution in [0.5, 0.6) is 0 Å². The van der Waals surface area contributed by atoms with Gasteiger partial charge in [-0.2, -0.15) is 0 Å². The topological polar surface area (TPSA) is 55.8 Å². The first-order chi connectivity index (χ1) is 5.18. The maximum absolute atomic E-state index is 10.2. The van der Waals surface area contributed by atoms with Gasteiger partial charge in [0.15, 0.2) is 0 Å². The van der Waals surface area contributed by atoms with E-state index in [4.69, 9.17) is 9.84 Å². The molecule has 0 rings (SSSR count). The predicted molar refractivity (Wildman–Crippen MR) is 39.2 cm³/mol. The standard InChI is InChI=1S/C7H12O4/c1-6(7(8)9)3-4-11-5-10-2/h3H,4-5H2,1-2H3,(H,8,9)/b6-3+. The van der Waals surface area contributed by atoms with Crippen LogP contribution in [0.3, 0.4) is 0 Å². The van der Waals surface area contributed by atoms with Crippen molar-refractivity contribution in [1.82, 2.24) is 0 Å². The van der Waals surface area contributed by atoms with E-state index in [1.54, 1.807) is 0 Å². The van der Waals surface area contributed by atoms with Gasteiger partial charge in [-0.15, -0.1) is 0 Å². The lowest BCUT2D eigenvalue weighted by molar-refractivity contribution is -0.132. The molecular weight excluding hydrogens is 148 g/mol. The molecule has 0 aliphatic carbocycles. The zero-order valence-electron chi connectivity index (χ0n) is 6.66. The van der Waals surface area contributed by atoms with Gasteiger partial charge in [-0.25, -0.2) is 4.79 Å². The number of carboxylic acids is 1. The number of hydrogen-bond donors (Lipinski definition) is 1. The summed E-state index contributed by atoms with van der Waals surface area (Å²) in [5.41, 5.74) is 0.279. The number of methoxy groups -OCH3 is 1. The summed E-state index contributed by atoms with van der Waals surface area (Å²) >= 11 is 0. The molecule has 0 fully saturated rings. The fraction of sp³-hybridized carbons (Fsp3) is 0.571. The van der Waals surface area contributed by atoms with E-state index in [9.17, 15) is 4.79 Å².